The number of hydrogen-bond donors (Lipinski definition) is 1. The lowest BCUT2D eigenvalue weighted by Crippen LogP contribution is -2.35. The molecule has 4 rings (SSSR count). The van der Waals surface area contributed by atoms with E-state index in [1.54, 1.807) is 4.68 Å². The van der Waals surface area contributed by atoms with Gasteiger partial charge in [0.1, 0.15) is 24.0 Å². The van der Waals surface area contributed by atoms with Gasteiger partial charge in [-0.3, -0.25) is 0 Å². The fourth-order valence-electron chi connectivity index (χ4n) is 3.11. The van der Waals surface area contributed by atoms with Crippen molar-refractivity contribution >= 4 is 0 Å². The number of ether oxygens (including phenoxy) is 2. The molecule has 1 aromatic heterocycles. The molecule has 1 fully saturated rings. The minimum Gasteiger partial charge on any atom is -0.388 e. The first-order chi connectivity index (χ1) is 12.8. The molecule has 1 saturated heterocycles. The summed E-state index contributed by atoms with van der Waals surface area (Å²) in [5.41, 5.74) is 2.89. The van der Waals surface area contributed by atoms with Crippen molar-refractivity contribution in [3.8, 4) is 11.3 Å². The molecule has 1 aliphatic heterocycles. The van der Waals surface area contributed by atoms with E-state index in [1.807, 2.05) is 66.9 Å². The number of rotatable bonds is 6. The van der Waals surface area contributed by atoms with Crippen LogP contribution in [0.4, 0.5) is 0 Å². The lowest BCUT2D eigenvalue weighted by atomic mass is 10.1. The quantitative estimate of drug-likeness (QED) is 0.738. The molecule has 3 atom stereocenters. The average molecular weight is 351 g/mol. The van der Waals surface area contributed by atoms with Crippen molar-refractivity contribution in [2.45, 2.75) is 31.5 Å². The van der Waals surface area contributed by atoms with Gasteiger partial charge in [-0.15, -0.1) is 5.10 Å². The molecule has 2 aromatic carbocycles. The fraction of sp³-hybridized carbons (Fsp3) is 0.300. The van der Waals surface area contributed by atoms with Crippen LogP contribution in [0.2, 0.25) is 0 Å². The van der Waals surface area contributed by atoms with Crippen molar-refractivity contribution in [1.29, 1.82) is 0 Å². The Morgan fingerprint density at radius 3 is 2.58 bits per heavy atom. The molecule has 1 aliphatic rings. The lowest BCUT2D eigenvalue weighted by molar-refractivity contribution is -0.0513. The topological polar surface area (TPSA) is 69.4 Å². The van der Waals surface area contributed by atoms with Gasteiger partial charge in [0.2, 0.25) is 0 Å². The van der Waals surface area contributed by atoms with Crippen molar-refractivity contribution in [2.24, 2.45) is 0 Å². The highest BCUT2D eigenvalue weighted by atomic mass is 16.6. The van der Waals surface area contributed by atoms with E-state index >= 15 is 0 Å². The Bertz CT molecular complexity index is 823. The molecular weight excluding hydrogens is 330 g/mol. The maximum Gasteiger partial charge on any atom is 0.114 e. The van der Waals surface area contributed by atoms with E-state index < -0.39 is 6.10 Å². The minimum absolute atomic E-state index is 0.265. The predicted octanol–water partition coefficient (Wildman–Crippen LogP) is 2.29. The second-order valence-corrected chi connectivity index (χ2v) is 6.39. The molecule has 0 spiro atoms. The highest BCUT2D eigenvalue weighted by Gasteiger charge is 2.37. The van der Waals surface area contributed by atoms with E-state index in [0.717, 1.165) is 16.8 Å². The first-order valence-electron chi connectivity index (χ1n) is 8.70. The van der Waals surface area contributed by atoms with Crippen LogP contribution in [-0.2, 0) is 22.6 Å². The van der Waals surface area contributed by atoms with Gasteiger partial charge in [0.05, 0.1) is 26.0 Å². The van der Waals surface area contributed by atoms with Crippen LogP contribution in [0.15, 0.2) is 66.9 Å². The van der Waals surface area contributed by atoms with Crippen molar-refractivity contribution < 1.29 is 14.6 Å². The zero-order valence-electron chi connectivity index (χ0n) is 14.3. The number of aliphatic hydroxyl groups is 1. The summed E-state index contributed by atoms with van der Waals surface area (Å²) in [5.74, 6) is 0. The van der Waals surface area contributed by atoms with Crippen molar-refractivity contribution in [2.75, 3.05) is 6.61 Å². The first kappa shape index (κ1) is 16.9. The van der Waals surface area contributed by atoms with Crippen LogP contribution in [0.25, 0.3) is 11.3 Å². The highest BCUT2D eigenvalue weighted by molar-refractivity contribution is 5.57. The van der Waals surface area contributed by atoms with Gasteiger partial charge in [0.25, 0.3) is 0 Å². The molecule has 26 heavy (non-hydrogen) atoms. The second kappa shape index (κ2) is 7.78. The van der Waals surface area contributed by atoms with Crippen molar-refractivity contribution in [3.63, 3.8) is 0 Å². The van der Waals surface area contributed by atoms with Crippen LogP contribution in [0.1, 0.15) is 5.56 Å². The van der Waals surface area contributed by atoms with Crippen LogP contribution < -0.4 is 0 Å². The van der Waals surface area contributed by atoms with Gasteiger partial charge in [-0.25, -0.2) is 4.68 Å². The van der Waals surface area contributed by atoms with Gasteiger partial charge in [-0.05, 0) is 5.56 Å². The monoisotopic (exact) mass is 351 g/mol. The smallest absolute Gasteiger partial charge is 0.114 e. The minimum atomic E-state index is -0.638. The SMILES string of the molecule is O[C@@H]1CO[C@@H](Cn2cc(-c3ccccc3)nn2)[C@@H]1OCc1ccccc1. The van der Waals surface area contributed by atoms with Crippen LogP contribution in [0.3, 0.4) is 0 Å². The van der Waals surface area contributed by atoms with Gasteiger partial charge in [0, 0.05) is 5.56 Å². The van der Waals surface area contributed by atoms with Gasteiger partial charge >= 0.3 is 0 Å². The average Bonchev–Trinajstić information content (AvgIpc) is 3.29. The summed E-state index contributed by atoms with van der Waals surface area (Å²) in [7, 11) is 0. The van der Waals surface area contributed by atoms with E-state index in [1.165, 1.54) is 0 Å². The van der Waals surface area contributed by atoms with E-state index in [9.17, 15) is 5.11 Å². The number of nitrogens with zero attached hydrogens (tertiary/aromatic N) is 3. The second-order valence-electron chi connectivity index (χ2n) is 6.39. The summed E-state index contributed by atoms with van der Waals surface area (Å²) in [6, 6.07) is 19.8. The largest absolute Gasteiger partial charge is 0.388 e. The van der Waals surface area contributed by atoms with Crippen LogP contribution in [0, 0.1) is 0 Å². The molecule has 6 heteroatoms. The van der Waals surface area contributed by atoms with Crippen LogP contribution in [-0.4, -0.2) is 45.0 Å². The van der Waals surface area contributed by atoms with Gasteiger partial charge in [0.15, 0.2) is 0 Å². The summed E-state index contributed by atoms with van der Waals surface area (Å²) in [4.78, 5) is 0. The molecule has 0 radical (unpaired) electrons. The normalized spacial score (nSPS) is 22.6. The molecule has 3 aromatic rings. The zero-order chi connectivity index (χ0) is 17.8. The molecule has 0 aliphatic carbocycles. The van der Waals surface area contributed by atoms with Crippen molar-refractivity contribution in [3.05, 3.63) is 72.4 Å². The molecule has 0 amide bonds. The predicted molar refractivity (Wildman–Crippen MR) is 96.2 cm³/mol. The van der Waals surface area contributed by atoms with Gasteiger partial charge < -0.3 is 14.6 Å². The number of aliphatic hydroxyl groups excluding tert-OH is 1. The molecule has 0 bridgehead atoms. The highest BCUT2D eigenvalue weighted by Crippen LogP contribution is 2.22. The third-order valence-corrected chi connectivity index (χ3v) is 4.49. The number of benzene rings is 2. The maximum absolute atomic E-state index is 10.2. The molecular formula is C20H21N3O3. The third kappa shape index (κ3) is 3.83. The molecule has 6 nitrogen and oxygen atoms in total. The summed E-state index contributed by atoms with van der Waals surface area (Å²) in [6.45, 7) is 1.19. The lowest BCUT2D eigenvalue weighted by Gasteiger charge is -2.20. The summed E-state index contributed by atoms with van der Waals surface area (Å²) >= 11 is 0. The van der Waals surface area contributed by atoms with Crippen LogP contribution >= 0.6 is 0 Å². The Morgan fingerprint density at radius 1 is 1.08 bits per heavy atom. The Labute approximate surface area is 152 Å². The molecule has 134 valence electrons. The summed E-state index contributed by atoms with van der Waals surface area (Å²) in [6.07, 6.45) is 0.594. The summed E-state index contributed by atoms with van der Waals surface area (Å²) in [5, 5.41) is 18.6. The van der Waals surface area contributed by atoms with Gasteiger partial charge in [-0.1, -0.05) is 65.9 Å². The Hall–Kier alpha value is -2.54. The molecule has 1 N–H and O–H groups in total. The molecule has 0 unspecified atom stereocenters. The maximum atomic E-state index is 10.2. The van der Waals surface area contributed by atoms with E-state index in [-0.39, 0.29) is 18.8 Å². The third-order valence-electron chi connectivity index (χ3n) is 4.49. The van der Waals surface area contributed by atoms with Gasteiger partial charge in [-0.2, -0.15) is 0 Å². The van der Waals surface area contributed by atoms with Crippen LogP contribution in [0.5, 0.6) is 0 Å². The molecule has 2 heterocycles. The number of hydrogen-bond acceptors (Lipinski definition) is 5. The van der Waals surface area contributed by atoms with Crippen molar-refractivity contribution in [1.82, 2.24) is 15.0 Å². The Balaban J connectivity index is 1.41. The zero-order valence-corrected chi connectivity index (χ0v) is 14.3. The van der Waals surface area contributed by atoms with E-state index in [2.05, 4.69) is 10.3 Å². The Kier molecular flexibility index (Phi) is 5.06. The Morgan fingerprint density at radius 2 is 1.81 bits per heavy atom. The summed E-state index contributed by atoms with van der Waals surface area (Å²) < 4.78 is 13.4. The first-order valence-corrected chi connectivity index (χ1v) is 8.70. The fourth-order valence-corrected chi connectivity index (χ4v) is 3.11. The number of aromatic nitrogens is 3. The standard InChI is InChI=1S/C20H21N3O3/c24-18-14-25-19(20(18)26-13-15-7-3-1-4-8-15)12-23-11-17(21-22-23)16-9-5-2-6-10-16/h1-11,18-20,24H,12-14H2/t18-,19+,20-/m1/s1. The molecule has 0 saturated carbocycles. The van der Waals surface area contributed by atoms with E-state index in [0.29, 0.717) is 13.2 Å². The van der Waals surface area contributed by atoms with E-state index in [4.69, 9.17) is 9.47 Å².